The van der Waals surface area contributed by atoms with Crippen LogP contribution in [0.1, 0.15) is 11.1 Å². The summed E-state index contributed by atoms with van der Waals surface area (Å²) < 4.78 is 16.2. The van der Waals surface area contributed by atoms with Crippen molar-refractivity contribution >= 4 is 28.6 Å². The molecule has 3 aromatic carbocycles. The van der Waals surface area contributed by atoms with Gasteiger partial charge < -0.3 is 14.2 Å². The Balaban J connectivity index is 1.79. The van der Waals surface area contributed by atoms with Crippen molar-refractivity contribution in [1.82, 2.24) is 0 Å². The molecule has 4 rings (SSSR count). The van der Waals surface area contributed by atoms with Gasteiger partial charge in [0.25, 0.3) is 0 Å². The fraction of sp³-hybridized carbons (Fsp3) is 0.0870. The van der Waals surface area contributed by atoms with Crippen LogP contribution in [0.5, 0.6) is 11.5 Å². The molecule has 0 N–H and O–H groups in total. The number of fused-ring (bicyclic) bond motifs is 1. The summed E-state index contributed by atoms with van der Waals surface area (Å²) in [5.41, 5.74) is 2.10. The molecule has 0 bridgehead atoms. The molecule has 0 unspecified atom stereocenters. The molecule has 134 valence electrons. The predicted octanol–water partition coefficient (Wildman–Crippen LogP) is 4.84. The van der Waals surface area contributed by atoms with Crippen LogP contribution in [0.3, 0.4) is 0 Å². The summed E-state index contributed by atoms with van der Waals surface area (Å²) in [7, 11) is 3.19. The molecule has 27 heavy (non-hydrogen) atoms. The van der Waals surface area contributed by atoms with Crippen molar-refractivity contribution in [3.05, 3.63) is 83.4 Å². The minimum atomic E-state index is -0.386. The topological polar surface area (TPSA) is 44.8 Å². The lowest BCUT2D eigenvalue weighted by molar-refractivity contribution is -0.130. The van der Waals surface area contributed by atoms with Crippen molar-refractivity contribution in [2.24, 2.45) is 0 Å². The minimum Gasteiger partial charge on any atom is -0.497 e. The van der Waals surface area contributed by atoms with Gasteiger partial charge in [-0.2, -0.15) is 0 Å². The highest BCUT2D eigenvalue weighted by Crippen LogP contribution is 2.33. The highest BCUT2D eigenvalue weighted by molar-refractivity contribution is 6.07. The largest absolute Gasteiger partial charge is 0.497 e. The lowest BCUT2D eigenvalue weighted by atomic mass is 10.0. The van der Waals surface area contributed by atoms with E-state index in [1.807, 2.05) is 54.6 Å². The number of esters is 1. The van der Waals surface area contributed by atoms with E-state index in [9.17, 15) is 4.79 Å². The summed E-state index contributed by atoms with van der Waals surface area (Å²) >= 11 is 0. The summed E-state index contributed by atoms with van der Waals surface area (Å²) in [6.07, 6.45) is 3.52. The number of methoxy groups -OCH3 is 2. The molecule has 0 fully saturated rings. The molecule has 0 aromatic heterocycles. The van der Waals surface area contributed by atoms with E-state index in [4.69, 9.17) is 14.2 Å². The van der Waals surface area contributed by atoms with Crippen LogP contribution >= 0.6 is 0 Å². The molecule has 1 heterocycles. The van der Waals surface area contributed by atoms with Crippen molar-refractivity contribution in [2.45, 2.75) is 0 Å². The zero-order valence-electron chi connectivity index (χ0n) is 15.1. The number of carbonyl (C=O) groups excluding carboxylic acids is 1. The van der Waals surface area contributed by atoms with E-state index in [2.05, 4.69) is 0 Å². The normalized spacial score (nSPS) is 15.0. The molecule has 4 nitrogen and oxygen atoms in total. The van der Waals surface area contributed by atoms with Crippen LogP contribution in [-0.4, -0.2) is 20.2 Å². The van der Waals surface area contributed by atoms with Crippen molar-refractivity contribution in [2.75, 3.05) is 14.2 Å². The number of cyclic esters (lactones) is 1. The molecule has 1 aliphatic rings. The Hall–Kier alpha value is -3.53. The van der Waals surface area contributed by atoms with E-state index in [-0.39, 0.29) is 5.97 Å². The SMILES string of the molecule is COc1ccc(OC)c(/C=C2/C=C(c3cccc4ccccc34)OC2=O)c1. The number of hydrogen-bond donors (Lipinski definition) is 0. The average molecular weight is 358 g/mol. The Morgan fingerprint density at radius 2 is 1.74 bits per heavy atom. The highest BCUT2D eigenvalue weighted by Gasteiger charge is 2.23. The third-order valence-corrected chi connectivity index (χ3v) is 4.53. The zero-order valence-corrected chi connectivity index (χ0v) is 15.1. The summed E-state index contributed by atoms with van der Waals surface area (Å²) in [5, 5.41) is 2.14. The van der Waals surface area contributed by atoms with E-state index in [0.29, 0.717) is 22.8 Å². The maximum Gasteiger partial charge on any atom is 0.343 e. The molecule has 4 heteroatoms. The second-order valence-corrected chi connectivity index (χ2v) is 6.13. The smallest absolute Gasteiger partial charge is 0.343 e. The van der Waals surface area contributed by atoms with E-state index in [1.54, 1.807) is 32.4 Å². The summed E-state index contributed by atoms with van der Waals surface area (Å²) in [5.74, 6) is 1.50. The zero-order chi connectivity index (χ0) is 18.8. The van der Waals surface area contributed by atoms with Crippen LogP contribution < -0.4 is 9.47 Å². The number of benzene rings is 3. The molecule has 1 aliphatic heterocycles. The Bertz CT molecular complexity index is 1090. The van der Waals surface area contributed by atoms with Gasteiger partial charge >= 0.3 is 5.97 Å². The Morgan fingerprint density at radius 3 is 2.56 bits per heavy atom. The van der Waals surface area contributed by atoms with Gasteiger partial charge in [-0.15, -0.1) is 0 Å². The summed E-state index contributed by atoms with van der Waals surface area (Å²) in [4.78, 5) is 12.4. The fourth-order valence-electron chi connectivity index (χ4n) is 3.18. The Labute approximate surface area is 157 Å². The van der Waals surface area contributed by atoms with Gasteiger partial charge in [-0.05, 0) is 41.1 Å². The molecule has 0 amide bonds. The quantitative estimate of drug-likeness (QED) is 0.495. The first-order chi connectivity index (χ1) is 13.2. The maximum absolute atomic E-state index is 12.4. The lowest BCUT2D eigenvalue weighted by Crippen LogP contribution is -1.98. The summed E-state index contributed by atoms with van der Waals surface area (Å²) in [6, 6.07) is 19.4. The molecule has 3 aromatic rings. The van der Waals surface area contributed by atoms with E-state index in [0.717, 1.165) is 21.9 Å². The molecule has 0 atom stereocenters. The molecular formula is C23H18O4. The van der Waals surface area contributed by atoms with E-state index >= 15 is 0 Å². The maximum atomic E-state index is 12.4. The van der Waals surface area contributed by atoms with Crippen LogP contribution in [0.2, 0.25) is 0 Å². The average Bonchev–Trinajstić information content (AvgIpc) is 3.07. The van der Waals surface area contributed by atoms with E-state index in [1.165, 1.54) is 0 Å². The van der Waals surface area contributed by atoms with E-state index < -0.39 is 0 Å². The van der Waals surface area contributed by atoms with Crippen LogP contribution in [-0.2, 0) is 9.53 Å². The Morgan fingerprint density at radius 1 is 0.926 bits per heavy atom. The van der Waals surface area contributed by atoms with Gasteiger partial charge in [0.2, 0.25) is 0 Å². The van der Waals surface area contributed by atoms with Gasteiger partial charge in [0.15, 0.2) is 0 Å². The van der Waals surface area contributed by atoms with Gasteiger partial charge in [0.05, 0.1) is 19.8 Å². The second-order valence-electron chi connectivity index (χ2n) is 6.13. The van der Waals surface area contributed by atoms with Gasteiger partial charge in [0.1, 0.15) is 17.3 Å². The first-order valence-electron chi connectivity index (χ1n) is 8.55. The second kappa shape index (κ2) is 7.00. The molecule has 0 saturated carbocycles. The molecular weight excluding hydrogens is 340 g/mol. The van der Waals surface area contributed by atoms with Crippen LogP contribution in [0, 0.1) is 0 Å². The fourth-order valence-corrected chi connectivity index (χ4v) is 3.18. The van der Waals surface area contributed by atoms with Crippen molar-refractivity contribution in [3.63, 3.8) is 0 Å². The molecule has 0 radical (unpaired) electrons. The third-order valence-electron chi connectivity index (χ3n) is 4.53. The number of rotatable bonds is 4. The number of carbonyl (C=O) groups is 1. The van der Waals surface area contributed by atoms with Crippen LogP contribution in [0.15, 0.2) is 72.3 Å². The van der Waals surface area contributed by atoms with Crippen LogP contribution in [0.25, 0.3) is 22.6 Å². The predicted molar refractivity (Wildman–Crippen MR) is 106 cm³/mol. The standard InChI is InChI=1S/C23H18O4/c1-25-18-10-11-21(26-2)16(13-18)12-17-14-22(27-23(17)24)20-9-5-7-15-6-3-4-8-19(15)20/h3-14H,1-2H3/b17-12-. The van der Waals surface area contributed by atoms with Crippen molar-refractivity contribution in [1.29, 1.82) is 0 Å². The number of hydrogen-bond acceptors (Lipinski definition) is 4. The van der Waals surface area contributed by atoms with Gasteiger partial charge in [-0.3, -0.25) is 0 Å². The third kappa shape index (κ3) is 3.17. The van der Waals surface area contributed by atoms with Crippen molar-refractivity contribution < 1.29 is 19.0 Å². The lowest BCUT2D eigenvalue weighted by Gasteiger charge is -2.07. The number of ether oxygens (including phenoxy) is 3. The van der Waals surface area contributed by atoms with Crippen LogP contribution in [0.4, 0.5) is 0 Å². The molecule has 0 saturated heterocycles. The highest BCUT2D eigenvalue weighted by atomic mass is 16.5. The molecule has 0 aliphatic carbocycles. The first-order valence-corrected chi connectivity index (χ1v) is 8.55. The van der Waals surface area contributed by atoms with Crippen molar-refractivity contribution in [3.8, 4) is 11.5 Å². The monoisotopic (exact) mass is 358 g/mol. The Kier molecular flexibility index (Phi) is 4.38. The van der Waals surface area contributed by atoms with Gasteiger partial charge in [-0.1, -0.05) is 42.5 Å². The first kappa shape index (κ1) is 16.9. The van der Waals surface area contributed by atoms with Gasteiger partial charge in [-0.25, -0.2) is 4.79 Å². The van der Waals surface area contributed by atoms with Gasteiger partial charge in [0, 0.05) is 11.1 Å². The minimum absolute atomic E-state index is 0.386. The summed E-state index contributed by atoms with van der Waals surface area (Å²) in [6.45, 7) is 0. The molecule has 0 spiro atoms.